The predicted molar refractivity (Wildman–Crippen MR) is 53.1 cm³/mol. The van der Waals surface area contributed by atoms with Crippen LogP contribution in [0.15, 0.2) is 17.1 Å². The molecule has 0 bridgehead atoms. The molecule has 1 aromatic heterocycles. The van der Waals surface area contributed by atoms with Crippen LogP contribution >= 0.6 is 0 Å². The zero-order valence-corrected chi connectivity index (χ0v) is 8.33. The van der Waals surface area contributed by atoms with E-state index in [0.717, 1.165) is 0 Å². The van der Waals surface area contributed by atoms with Crippen LogP contribution in [0.25, 0.3) is 0 Å². The lowest BCUT2D eigenvalue weighted by molar-refractivity contribution is -0.0100. The van der Waals surface area contributed by atoms with Gasteiger partial charge in [-0.05, 0) is 13.0 Å². The molecule has 0 spiro atoms. The Balaban J connectivity index is 2.28. The highest BCUT2D eigenvalue weighted by Crippen LogP contribution is 2.26. The zero-order chi connectivity index (χ0) is 11.0. The number of nitrogen functional groups attached to an aromatic ring is 1. The number of nitrogens with zero attached hydrogens (tertiary/aromatic N) is 2. The van der Waals surface area contributed by atoms with E-state index in [4.69, 9.17) is 10.5 Å². The van der Waals surface area contributed by atoms with Crippen LogP contribution in [-0.4, -0.2) is 26.9 Å². The first-order valence-corrected chi connectivity index (χ1v) is 4.76. The number of aromatic nitrogens is 2. The summed E-state index contributed by atoms with van der Waals surface area (Å²) in [5.74, 6) is 0.183. The van der Waals surface area contributed by atoms with Gasteiger partial charge in [0, 0.05) is 12.6 Å². The summed E-state index contributed by atoms with van der Waals surface area (Å²) < 4.78 is 6.75. The zero-order valence-electron chi connectivity index (χ0n) is 8.33. The second-order valence-corrected chi connectivity index (χ2v) is 3.64. The van der Waals surface area contributed by atoms with Gasteiger partial charge in [0.2, 0.25) is 0 Å². The number of aliphatic hydroxyl groups excluding tert-OH is 1. The van der Waals surface area contributed by atoms with Crippen LogP contribution in [0.5, 0.6) is 0 Å². The monoisotopic (exact) mass is 211 g/mol. The van der Waals surface area contributed by atoms with E-state index >= 15 is 0 Å². The standard InChI is InChI=1S/C9H13N3O3/c1-5-6(13)4-8(15-5)12-3-2-7(10)11-9(12)14/h2-3,5-6,8,13H,4H2,1H3,(H2,10,11,14). The maximum Gasteiger partial charge on any atom is 0.351 e. The van der Waals surface area contributed by atoms with Crippen LogP contribution in [-0.2, 0) is 4.74 Å². The molecule has 82 valence electrons. The number of nitrogens with two attached hydrogens (primary N) is 1. The highest BCUT2D eigenvalue weighted by Gasteiger charge is 2.32. The fraction of sp³-hybridized carbons (Fsp3) is 0.556. The van der Waals surface area contributed by atoms with E-state index in [0.29, 0.717) is 6.42 Å². The van der Waals surface area contributed by atoms with E-state index < -0.39 is 18.0 Å². The second kappa shape index (κ2) is 3.63. The van der Waals surface area contributed by atoms with Crippen molar-refractivity contribution in [1.29, 1.82) is 0 Å². The number of hydrogen-bond acceptors (Lipinski definition) is 5. The molecule has 1 aliphatic heterocycles. The van der Waals surface area contributed by atoms with Gasteiger partial charge in [0.25, 0.3) is 0 Å². The third-order valence-electron chi connectivity index (χ3n) is 2.52. The van der Waals surface area contributed by atoms with Gasteiger partial charge in [0.05, 0.1) is 12.2 Å². The Morgan fingerprint density at radius 1 is 1.73 bits per heavy atom. The maximum atomic E-state index is 11.5. The molecule has 3 N–H and O–H groups in total. The molecular weight excluding hydrogens is 198 g/mol. The average molecular weight is 211 g/mol. The molecule has 0 amide bonds. The minimum absolute atomic E-state index is 0.183. The van der Waals surface area contributed by atoms with Crippen molar-refractivity contribution in [2.24, 2.45) is 0 Å². The lowest BCUT2D eigenvalue weighted by atomic mass is 10.2. The Hall–Kier alpha value is -1.40. The molecule has 1 saturated heterocycles. The normalized spacial score (nSPS) is 30.7. The van der Waals surface area contributed by atoms with E-state index in [2.05, 4.69) is 4.98 Å². The van der Waals surface area contributed by atoms with Crippen molar-refractivity contribution in [2.45, 2.75) is 31.8 Å². The van der Waals surface area contributed by atoms with Crippen LogP contribution in [0, 0.1) is 0 Å². The highest BCUT2D eigenvalue weighted by atomic mass is 16.5. The smallest absolute Gasteiger partial charge is 0.351 e. The summed E-state index contributed by atoms with van der Waals surface area (Å²) in [5.41, 5.74) is 4.91. The first-order chi connectivity index (χ1) is 7.08. The Kier molecular flexibility index (Phi) is 2.45. The molecule has 2 rings (SSSR count). The van der Waals surface area contributed by atoms with Crippen molar-refractivity contribution < 1.29 is 9.84 Å². The summed E-state index contributed by atoms with van der Waals surface area (Å²) >= 11 is 0. The van der Waals surface area contributed by atoms with Gasteiger partial charge in [-0.3, -0.25) is 4.57 Å². The molecular formula is C9H13N3O3. The largest absolute Gasteiger partial charge is 0.390 e. The second-order valence-electron chi connectivity index (χ2n) is 3.64. The van der Waals surface area contributed by atoms with Crippen LogP contribution in [0.2, 0.25) is 0 Å². The number of ether oxygens (including phenoxy) is 1. The fourth-order valence-corrected chi connectivity index (χ4v) is 1.62. The minimum atomic E-state index is -0.542. The van der Waals surface area contributed by atoms with Crippen LogP contribution < -0.4 is 11.4 Å². The van der Waals surface area contributed by atoms with Crippen molar-refractivity contribution in [3.8, 4) is 0 Å². The molecule has 1 fully saturated rings. The summed E-state index contributed by atoms with van der Waals surface area (Å²) in [6, 6.07) is 1.53. The molecule has 15 heavy (non-hydrogen) atoms. The van der Waals surface area contributed by atoms with Gasteiger partial charge in [0.1, 0.15) is 12.0 Å². The van der Waals surface area contributed by atoms with Crippen molar-refractivity contribution in [3.63, 3.8) is 0 Å². The average Bonchev–Trinajstić information content (AvgIpc) is 2.46. The summed E-state index contributed by atoms with van der Waals surface area (Å²) in [7, 11) is 0. The number of aliphatic hydroxyl groups is 1. The summed E-state index contributed by atoms with van der Waals surface area (Å²) in [6.45, 7) is 1.76. The molecule has 3 atom stereocenters. The third-order valence-corrected chi connectivity index (χ3v) is 2.52. The molecule has 1 aromatic rings. The third kappa shape index (κ3) is 1.86. The minimum Gasteiger partial charge on any atom is -0.390 e. The molecule has 2 heterocycles. The van der Waals surface area contributed by atoms with Crippen molar-refractivity contribution in [3.05, 3.63) is 22.7 Å². The van der Waals surface area contributed by atoms with Crippen molar-refractivity contribution >= 4 is 5.82 Å². The van der Waals surface area contributed by atoms with E-state index in [-0.39, 0.29) is 11.9 Å². The van der Waals surface area contributed by atoms with Crippen molar-refractivity contribution in [2.75, 3.05) is 5.73 Å². The van der Waals surface area contributed by atoms with Gasteiger partial charge < -0.3 is 15.6 Å². The number of hydrogen-bond donors (Lipinski definition) is 2. The number of anilines is 1. The maximum absolute atomic E-state index is 11.5. The molecule has 0 aromatic carbocycles. The first-order valence-electron chi connectivity index (χ1n) is 4.76. The molecule has 0 radical (unpaired) electrons. The topological polar surface area (TPSA) is 90.4 Å². The highest BCUT2D eigenvalue weighted by molar-refractivity contribution is 5.23. The van der Waals surface area contributed by atoms with E-state index in [1.165, 1.54) is 16.8 Å². The lowest BCUT2D eigenvalue weighted by Crippen LogP contribution is -2.27. The molecule has 1 aliphatic rings. The van der Waals surface area contributed by atoms with Crippen LogP contribution in [0.1, 0.15) is 19.6 Å². The summed E-state index contributed by atoms with van der Waals surface area (Å²) in [4.78, 5) is 15.0. The molecule has 6 nitrogen and oxygen atoms in total. The van der Waals surface area contributed by atoms with E-state index in [1.807, 2.05) is 0 Å². The van der Waals surface area contributed by atoms with Gasteiger partial charge in [-0.1, -0.05) is 0 Å². The van der Waals surface area contributed by atoms with Gasteiger partial charge in [-0.2, -0.15) is 4.98 Å². The molecule has 0 saturated carbocycles. The predicted octanol–water partition coefficient (Wildman–Crippen LogP) is -0.506. The van der Waals surface area contributed by atoms with Crippen molar-refractivity contribution in [1.82, 2.24) is 9.55 Å². The fourth-order valence-electron chi connectivity index (χ4n) is 1.62. The van der Waals surface area contributed by atoms with E-state index in [9.17, 15) is 9.90 Å². The summed E-state index contributed by atoms with van der Waals surface area (Å²) in [6.07, 6.45) is 0.668. The Bertz CT molecular complexity index is 407. The van der Waals surface area contributed by atoms with Gasteiger partial charge in [-0.25, -0.2) is 4.79 Å². The van der Waals surface area contributed by atoms with Gasteiger partial charge in [0.15, 0.2) is 0 Å². The quantitative estimate of drug-likeness (QED) is 0.653. The first kappa shape index (κ1) is 10.1. The van der Waals surface area contributed by atoms with Gasteiger partial charge in [-0.15, -0.1) is 0 Å². The van der Waals surface area contributed by atoms with Crippen LogP contribution in [0.4, 0.5) is 5.82 Å². The molecule has 0 aliphatic carbocycles. The van der Waals surface area contributed by atoms with E-state index in [1.54, 1.807) is 6.92 Å². The van der Waals surface area contributed by atoms with Gasteiger partial charge >= 0.3 is 5.69 Å². The Morgan fingerprint density at radius 2 is 2.47 bits per heavy atom. The lowest BCUT2D eigenvalue weighted by Gasteiger charge is -2.12. The van der Waals surface area contributed by atoms with Crippen LogP contribution in [0.3, 0.4) is 0 Å². The SMILES string of the molecule is CC1OC(n2ccc(N)nc2=O)CC1O. The summed E-state index contributed by atoms with van der Waals surface area (Å²) in [5, 5.41) is 9.49. The Morgan fingerprint density at radius 3 is 3.00 bits per heavy atom. The molecule has 6 heteroatoms. The Labute approximate surface area is 86.3 Å². The number of rotatable bonds is 1. The molecule has 3 unspecified atom stereocenters.